The Morgan fingerprint density at radius 3 is 2.39 bits per heavy atom. The molecule has 0 fully saturated rings. The number of carboxylic acid groups (broad SMARTS) is 1. The van der Waals surface area contributed by atoms with Crippen molar-refractivity contribution in [3.05, 3.63) is 29.8 Å². The minimum absolute atomic E-state index is 0. The van der Waals surface area contributed by atoms with E-state index in [0.717, 1.165) is 12.8 Å². The third-order valence-corrected chi connectivity index (χ3v) is 4.04. The number of carbonyl (C=O) groups is 2. The maximum absolute atomic E-state index is 11.9. The Hall–Kier alpha value is -0.294. The number of para-hydroxylation sites is 1. The van der Waals surface area contributed by atoms with Gasteiger partial charge in [-0.1, -0.05) is 31.5 Å². The molecule has 0 aliphatic carbocycles. The second kappa shape index (κ2) is 10.5. The molecule has 124 valence electrons. The summed E-state index contributed by atoms with van der Waals surface area (Å²) < 4.78 is 36.3. The topological polar surface area (TPSA) is 118 Å². The number of unbranched alkanes of at least 4 members (excludes halogenated alkanes) is 1. The molecule has 9 heteroatoms. The van der Waals surface area contributed by atoms with Crippen LogP contribution in [0.3, 0.4) is 0 Å². The van der Waals surface area contributed by atoms with E-state index in [-0.39, 0.29) is 57.1 Å². The van der Waals surface area contributed by atoms with Gasteiger partial charge in [-0.25, -0.2) is 0 Å². The van der Waals surface area contributed by atoms with E-state index in [4.69, 9.17) is 14.4 Å². The van der Waals surface area contributed by atoms with Gasteiger partial charge in [-0.3, -0.25) is 14.1 Å². The van der Waals surface area contributed by atoms with Crippen molar-refractivity contribution in [3.8, 4) is 5.75 Å². The Morgan fingerprint density at radius 1 is 1.26 bits per heavy atom. The van der Waals surface area contributed by atoms with Crippen molar-refractivity contribution in [2.45, 2.75) is 37.9 Å². The van der Waals surface area contributed by atoms with Crippen LogP contribution in [-0.4, -0.2) is 86.7 Å². The van der Waals surface area contributed by atoms with Crippen molar-refractivity contribution in [1.29, 1.82) is 0 Å². The summed E-state index contributed by atoms with van der Waals surface area (Å²) in [5.74, 6) is -2.67. The molecule has 0 aliphatic rings. The molecule has 0 spiro atoms. The Bertz CT molecular complexity index is 642. The maximum atomic E-state index is 11.9. The summed E-state index contributed by atoms with van der Waals surface area (Å²) in [7, 11) is -4.86. The van der Waals surface area contributed by atoms with Crippen LogP contribution in [0.5, 0.6) is 5.75 Å². The fraction of sp³-hybridized carbons (Fsp3) is 0.429. The first-order chi connectivity index (χ1) is 10.3. The van der Waals surface area contributed by atoms with Gasteiger partial charge in [-0.15, -0.1) is 0 Å². The normalized spacial score (nSPS) is 12.1. The number of hydrogen-bond donors (Lipinski definition) is 2. The van der Waals surface area contributed by atoms with Crippen LogP contribution in [0.1, 0.15) is 31.7 Å². The monoisotopic (exact) mass is 370 g/mol. The molecule has 0 aliphatic heterocycles. The van der Waals surface area contributed by atoms with Crippen molar-refractivity contribution >= 4 is 73.4 Å². The molecule has 1 rings (SSSR count). The van der Waals surface area contributed by atoms with E-state index in [9.17, 15) is 18.0 Å². The van der Waals surface area contributed by atoms with Crippen molar-refractivity contribution in [2.24, 2.45) is 0 Å². The van der Waals surface area contributed by atoms with Crippen LogP contribution < -0.4 is 4.74 Å². The molecule has 0 aromatic heterocycles. The van der Waals surface area contributed by atoms with E-state index < -0.39 is 33.7 Å². The van der Waals surface area contributed by atoms with Gasteiger partial charge >= 0.3 is 63.3 Å². The van der Waals surface area contributed by atoms with E-state index in [1.165, 1.54) is 6.07 Å². The van der Waals surface area contributed by atoms with Gasteiger partial charge in [0.1, 0.15) is 5.75 Å². The van der Waals surface area contributed by atoms with Crippen LogP contribution in [0.2, 0.25) is 0 Å². The predicted octanol–water partition coefficient (Wildman–Crippen LogP) is 1.02. The van der Waals surface area contributed by atoms with Crippen molar-refractivity contribution in [3.63, 3.8) is 0 Å². The second-order valence-corrected chi connectivity index (χ2v) is 6.33. The number of rotatable bonds is 8. The second-order valence-electron chi connectivity index (χ2n) is 4.73. The summed E-state index contributed by atoms with van der Waals surface area (Å²) in [5.41, 5.74) is 0.710. The molecule has 7 nitrogen and oxygen atoms in total. The summed E-state index contributed by atoms with van der Waals surface area (Å²) in [4.78, 5) is 22.5. The SMILES string of the molecule is CCCCc1ccccc1OC(=O)C(CC(=O)O)S(=O)(=O)O.[KH]. The molecule has 23 heavy (non-hydrogen) atoms. The number of esters is 1. The molecule has 0 radical (unpaired) electrons. The Labute approximate surface area is 177 Å². The summed E-state index contributed by atoms with van der Waals surface area (Å²) in [6, 6.07) is 6.58. The van der Waals surface area contributed by atoms with Gasteiger partial charge in [0.25, 0.3) is 10.1 Å². The Balaban J connectivity index is 0.00000484. The minimum atomic E-state index is -4.86. The Kier molecular flexibility index (Phi) is 10.4. The summed E-state index contributed by atoms with van der Waals surface area (Å²) in [6.45, 7) is 2.00. The van der Waals surface area contributed by atoms with Crippen LogP contribution in [0.25, 0.3) is 0 Å². The summed E-state index contributed by atoms with van der Waals surface area (Å²) >= 11 is 0. The quantitative estimate of drug-likeness (QED) is 0.303. The van der Waals surface area contributed by atoms with E-state index in [0.29, 0.717) is 12.0 Å². The zero-order valence-corrected chi connectivity index (χ0v) is 12.9. The Morgan fingerprint density at radius 2 is 1.87 bits per heavy atom. The van der Waals surface area contributed by atoms with Crippen molar-refractivity contribution in [2.75, 3.05) is 0 Å². The van der Waals surface area contributed by atoms with Gasteiger partial charge in [0.2, 0.25) is 0 Å². The van der Waals surface area contributed by atoms with E-state index in [1.807, 2.05) is 6.92 Å². The van der Waals surface area contributed by atoms with Gasteiger partial charge in [0, 0.05) is 0 Å². The zero-order chi connectivity index (χ0) is 16.8. The summed E-state index contributed by atoms with van der Waals surface area (Å²) in [5, 5.41) is 6.50. The molecule has 1 aromatic rings. The van der Waals surface area contributed by atoms with E-state index >= 15 is 0 Å². The molecular formula is C14H19KO7S. The van der Waals surface area contributed by atoms with E-state index in [1.54, 1.807) is 18.2 Å². The van der Waals surface area contributed by atoms with Gasteiger partial charge in [0.05, 0.1) is 6.42 Å². The third kappa shape index (κ3) is 7.88. The number of ether oxygens (including phenoxy) is 1. The van der Waals surface area contributed by atoms with Gasteiger partial charge in [-0.05, 0) is 24.5 Å². The fourth-order valence-electron chi connectivity index (χ4n) is 1.82. The first kappa shape index (κ1) is 22.7. The molecule has 2 N–H and O–H groups in total. The molecular weight excluding hydrogens is 351 g/mol. The molecule has 0 saturated carbocycles. The van der Waals surface area contributed by atoms with Gasteiger partial charge in [-0.2, -0.15) is 8.42 Å². The fourth-order valence-corrected chi connectivity index (χ4v) is 2.46. The molecule has 0 bridgehead atoms. The number of hydrogen-bond acceptors (Lipinski definition) is 5. The molecule has 1 aromatic carbocycles. The average Bonchev–Trinajstić information content (AvgIpc) is 2.42. The number of carbonyl (C=O) groups excluding carboxylic acids is 1. The number of aryl methyl sites for hydroxylation is 1. The first-order valence-corrected chi connectivity index (χ1v) is 8.23. The summed E-state index contributed by atoms with van der Waals surface area (Å²) in [6.07, 6.45) is 1.35. The van der Waals surface area contributed by atoms with Crippen LogP contribution in [0.15, 0.2) is 24.3 Å². The first-order valence-electron chi connectivity index (χ1n) is 6.73. The van der Waals surface area contributed by atoms with Crippen molar-refractivity contribution < 1.29 is 32.4 Å². The van der Waals surface area contributed by atoms with Gasteiger partial charge in [0.15, 0.2) is 5.25 Å². The molecule has 0 saturated heterocycles. The van der Waals surface area contributed by atoms with E-state index in [2.05, 4.69) is 0 Å². The molecule has 0 amide bonds. The zero-order valence-electron chi connectivity index (χ0n) is 12.1. The average molecular weight is 370 g/mol. The van der Waals surface area contributed by atoms with Crippen LogP contribution in [0.4, 0.5) is 0 Å². The van der Waals surface area contributed by atoms with Crippen LogP contribution >= 0.6 is 0 Å². The van der Waals surface area contributed by atoms with Gasteiger partial charge < -0.3 is 9.84 Å². The third-order valence-electron chi connectivity index (χ3n) is 2.97. The molecule has 0 heterocycles. The standard InChI is InChI=1S/C14H18O7S.K.H/c1-2-3-6-10-7-4-5-8-11(10)21-14(17)12(9-13(15)16)22(18,19)20;;/h4-5,7-8,12H,2-3,6,9H2,1H3,(H,15,16)(H,18,19,20);;. The van der Waals surface area contributed by atoms with Crippen LogP contribution in [-0.2, 0) is 26.1 Å². The molecule has 1 unspecified atom stereocenters. The molecule has 1 atom stereocenters. The predicted molar refractivity (Wildman–Crippen MR) is 85.4 cm³/mol. The van der Waals surface area contributed by atoms with Crippen molar-refractivity contribution in [1.82, 2.24) is 0 Å². The number of aliphatic carboxylic acids is 1. The number of carboxylic acids is 1. The van der Waals surface area contributed by atoms with Crippen LogP contribution in [0, 0.1) is 0 Å². The number of benzene rings is 1.